The first-order valence-electron chi connectivity index (χ1n) is 6.67. The summed E-state index contributed by atoms with van der Waals surface area (Å²) in [7, 11) is -3.84. The maximum Gasteiger partial charge on any atom is 0.310 e. The van der Waals surface area contributed by atoms with E-state index in [1.807, 2.05) is 0 Å². The molecular formula is C14H20ClNO4S. The molecular weight excluding hydrogens is 314 g/mol. The summed E-state index contributed by atoms with van der Waals surface area (Å²) < 4.78 is 26.9. The number of carboxylic acid groups (broad SMARTS) is 1. The van der Waals surface area contributed by atoms with E-state index in [0.717, 1.165) is 5.56 Å². The van der Waals surface area contributed by atoms with Gasteiger partial charge < -0.3 is 5.11 Å². The van der Waals surface area contributed by atoms with E-state index >= 15 is 0 Å². The molecule has 0 atom stereocenters. The Hall–Kier alpha value is -1.11. The summed E-state index contributed by atoms with van der Waals surface area (Å²) in [6.45, 7) is 5.09. The second-order valence-corrected chi connectivity index (χ2v) is 7.19. The monoisotopic (exact) mass is 333 g/mol. The number of carboxylic acids is 1. The van der Waals surface area contributed by atoms with Gasteiger partial charge in [0.05, 0.1) is 10.4 Å². The quantitative estimate of drug-likeness (QED) is 0.803. The molecule has 0 aliphatic rings. The fourth-order valence-electron chi connectivity index (χ4n) is 2.01. The van der Waals surface area contributed by atoms with Crippen molar-refractivity contribution in [1.29, 1.82) is 0 Å². The van der Waals surface area contributed by atoms with Crippen LogP contribution in [0.3, 0.4) is 0 Å². The Balaban J connectivity index is 3.03. The highest BCUT2D eigenvalue weighted by atomic mass is 35.5. The fraction of sp³-hybridized carbons (Fsp3) is 0.500. The van der Waals surface area contributed by atoms with E-state index in [0.29, 0.717) is 12.8 Å². The molecule has 0 radical (unpaired) electrons. The van der Waals surface area contributed by atoms with Gasteiger partial charge in [0.25, 0.3) is 0 Å². The first kappa shape index (κ1) is 17.9. The fourth-order valence-corrected chi connectivity index (χ4v) is 3.74. The van der Waals surface area contributed by atoms with Crippen LogP contribution in [-0.4, -0.2) is 26.0 Å². The predicted octanol–water partition coefficient (Wildman–Crippen LogP) is 2.82. The Morgan fingerprint density at radius 2 is 1.90 bits per heavy atom. The van der Waals surface area contributed by atoms with Crippen molar-refractivity contribution in [3.63, 3.8) is 0 Å². The molecule has 0 saturated heterocycles. The summed E-state index contributed by atoms with van der Waals surface area (Å²) in [6, 6.07) is 4.62. The van der Waals surface area contributed by atoms with Crippen LogP contribution < -0.4 is 4.72 Å². The largest absolute Gasteiger partial charge is 0.481 e. The number of aliphatic carboxylic acids is 1. The number of halogens is 1. The predicted molar refractivity (Wildman–Crippen MR) is 82.0 cm³/mol. The summed E-state index contributed by atoms with van der Waals surface area (Å²) >= 11 is 5.96. The van der Waals surface area contributed by atoms with E-state index in [2.05, 4.69) is 4.72 Å². The van der Waals surface area contributed by atoms with Gasteiger partial charge in [-0.15, -0.1) is 0 Å². The molecule has 118 valence electrons. The molecule has 0 aromatic heterocycles. The highest BCUT2D eigenvalue weighted by Gasteiger charge is 2.36. The van der Waals surface area contributed by atoms with Gasteiger partial charge in [0.1, 0.15) is 4.90 Å². The average Bonchev–Trinajstić information content (AvgIpc) is 2.39. The van der Waals surface area contributed by atoms with Crippen LogP contribution in [0.5, 0.6) is 0 Å². The maximum absolute atomic E-state index is 12.3. The topological polar surface area (TPSA) is 83.5 Å². The minimum absolute atomic E-state index is 0.0405. The summed E-state index contributed by atoms with van der Waals surface area (Å²) in [5.41, 5.74) is -0.259. The number of sulfonamides is 1. The zero-order valence-corrected chi connectivity index (χ0v) is 13.9. The van der Waals surface area contributed by atoms with Crippen molar-refractivity contribution in [1.82, 2.24) is 4.72 Å². The van der Waals surface area contributed by atoms with E-state index in [4.69, 9.17) is 11.6 Å². The number of hydrogen-bond acceptors (Lipinski definition) is 3. The Kier molecular flexibility index (Phi) is 5.78. The number of aryl methyl sites for hydroxylation is 1. The van der Waals surface area contributed by atoms with Gasteiger partial charge >= 0.3 is 5.97 Å². The molecule has 1 aromatic carbocycles. The van der Waals surface area contributed by atoms with Crippen LogP contribution in [0, 0.1) is 12.3 Å². The van der Waals surface area contributed by atoms with Crippen LogP contribution >= 0.6 is 11.6 Å². The maximum atomic E-state index is 12.3. The van der Waals surface area contributed by atoms with Gasteiger partial charge in [0.15, 0.2) is 0 Å². The van der Waals surface area contributed by atoms with Gasteiger partial charge in [-0.25, -0.2) is 13.1 Å². The third-order valence-electron chi connectivity index (χ3n) is 3.78. The van der Waals surface area contributed by atoms with Crippen molar-refractivity contribution in [2.75, 3.05) is 6.54 Å². The first-order valence-corrected chi connectivity index (χ1v) is 8.54. The lowest BCUT2D eigenvalue weighted by Gasteiger charge is -2.26. The molecule has 21 heavy (non-hydrogen) atoms. The number of carbonyl (C=O) groups is 1. The van der Waals surface area contributed by atoms with Crippen LogP contribution in [-0.2, 0) is 14.8 Å². The first-order chi connectivity index (χ1) is 9.68. The van der Waals surface area contributed by atoms with Gasteiger partial charge in [0.2, 0.25) is 10.0 Å². The highest BCUT2D eigenvalue weighted by Crippen LogP contribution is 2.28. The van der Waals surface area contributed by atoms with Crippen LogP contribution in [0.1, 0.15) is 32.3 Å². The lowest BCUT2D eigenvalue weighted by atomic mass is 9.83. The standard InChI is InChI=1S/C14H20ClNO4S/c1-4-14(5-2,13(17)18)9-16-21(19,20)12-7-6-10(3)8-11(12)15/h6-8,16H,4-5,9H2,1-3H3,(H,17,18). The van der Waals surface area contributed by atoms with Crippen molar-refractivity contribution >= 4 is 27.6 Å². The summed E-state index contributed by atoms with van der Waals surface area (Å²) in [6.07, 6.45) is 0.673. The van der Waals surface area contributed by atoms with E-state index in [-0.39, 0.29) is 16.5 Å². The molecule has 7 heteroatoms. The Bertz CT molecular complexity index is 624. The van der Waals surface area contributed by atoms with Crippen LogP contribution in [0.25, 0.3) is 0 Å². The highest BCUT2D eigenvalue weighted by molar-refractivity contribution is 7.89. The van der Waals surface area contributed by atoms with Crippen molar-refractivity contribution in [2.45, 2.75) is 38.5 Å². The zero-order chi connectivity index (χ0) is 16.3. The third-order valence-corrected chi connectivity index (χ3v) is 5.67. The van der Waals surface area contributed by atoms with Gasteiger partial charge in [-0.1, -0.05) is 31.5 Å². The normalized spacial score (nSPS) is 12.4. The molecule has 0 unspecified atom stereocenters. The number of rotatable bonds is 7. The summed E-state index contributed by atoms with van der Waals surface area (Å²) in [4.78, 5) is 11.3. The van der Waals surface area contributed by atoms with Crippen LogP contribution in [0.15, 0.2) is 23.1 Å². The number of nitrogens with one attached hydrogen (secondary N) is 1. The second-order valence-electron chi connectivity index (χ2n) is 5.05. The summed E-state index contributed by atoms with van der Waals surface area (Å²) in [5.74, 6) is -1.01. The second kappa shape index (κ2) is 6.77. The lowest BCUT2D eigenvalue weighted by molar-refractivity contribution is -0.149. The van der Waals surface area contributed by atoms with Gasteiger partial charge in [0, 0.05) is 6.54 Å². The molecule has 0 spiro atoms. The van der Waals surface area contributed by atoms with E-state index in [1.165, 1.54) is 6.07 Å². The number of benzene rings is 1. The molecule has 1 aromatic rings. The van der Waals surface area contributed by atoms with Gasteiger partial charge in [-0.3, -0.25) is 4.79 Å². The molecule has 0 bridgehead atoms. The van der Waals surface area contributed by atoms with Crippen LogP contribution in [0.2, 0.25) is 5.02 Å². The van der Waals surface area contributed by atoms with E-state index < -0.39 is 21.4 Å². The van der Waals surface area contributed by atoms with Gasteiger partial charge in [-0.2, -0.15) is 0 Å². The third kappa shape index (κ3) is 3.96. The van der Waals surface area contributed by atoms with Gasteiger partial charge in [-0.05, 0) is 37.5 Å². The minimum Gasteiger partial charge on any atom is -0.481 e. The molecule has 5 nitrogen and oxygen atoms in total. The molecule has 1 rings (SSSR count). The molecule has 2 N–H and O–H groups in total. The van der Waals surface area contributed by atoms with E-state index in [1.54, 1.807) is 32.9 Å². The lowest BCUT2D eigenvalue weighted by Crippen LogP contribution is -2.42. The zero-order valence-electron chi connectivity index (χ0n) is 12.3. The average molecular weight is 334 g/mol. The van der Waals surface area contributed by atoms with E-state index in [9.17, 15) is 18.3 Å². The Morgan fingerprint density at radius 3 is 2.33 bits per heavy atom. The molecule has 0 amide bonds. The SMILES string of the molecule is CCC(CC)(CNS(=O)(=O)c1ccc(C)cc1Cl)C(=O)O. The molecule has 0 heterocycles. The Morgan fingerprint density at radius 1 is 1.33 bits per heavy atom. The number of hydrogen-bond donors (Lipinski definition) is 2. The van der Waals surface area contributed by atoms with Crippen molar-refractivity contribution in [3.8, 4) is 0 Å². The molecule has 0 fully saturated rings. The summed E-state index contributed by atoms with van der Waals surface area (Å²) in [5, 5.41) is 9.44. The van der Waals surface area contributed by atoms with Crippen molar-refractivity contribution < 1.29 is 18.3 Å². The van der Waals surface area contributed by atoms with Crippen molar-refractivity contribution in [3.05, 3.63) is 28.8 Å². The van der Waals surface area contributed by atoms with Crippen LogP contribution in [0.4, 0.5) is 0 Å². The molecule has 0 saturated carbocycles. The smallest absolute Gasteiger partial charge is 0.310 e. The van der Waals surface area contributed by atoms with Crippen molar-refractivity contribution in [2.24, 2.45) is 5.41 Å². The minimum atomic E-state index is -3.84. The Labute approximate surface area is 130 Å². The molecule has 0 aliphatic heterocycles. The molecule has 0 aliphatic carbocycles.